The number of ether oxygens (including phenoxy) is 1. The first-order valence-electron chi connectivity index (χ1n) is 13.3. The molecular weight excluding hydrogens is 518 g/mol. The van der Waals surface area contributed by atoms with Gasteiger partial charge in [-0.1, -0.05) is 98.4 Å². The molecule has 0 bridgehead atoms. The van der Waals surface area contributed by atoms with E-state index in [9.17, 15) is 9.59 Å². The number of rotatable bonds is 9. The zero-order chi connectivity index (χ0) is 28.1. The Morgan fingerprint density at radius 1 is 0.900 bits per heavy atom. The quantitative estimate of drug-likeness (QED) is 0.153. The largest absolute Gasteiger partial charge is 0.492 e. The van der Waals surface area contributed by atoms with Gasteiger partial charge in [-0.15, -0.1) is 0 Å². The van der Waals surface area contributed by atoms with E-state index in [0.717, 1.165) is 16.8 Å². The van der Waals surface area contributed by atoms with Gasteiger partial charge in [0.2, 0.25) is 5.91 Å². The van der Waals surface area contributed by atoms with Crippen LogP contribution in [0.5, 0.6) is 5.75 Å². The number of fused-ring (bicyclic) bond motifs is 1. The molecule has 6 nitrogen and oxygen atoms in total. The van der Waals surface area contributed by atoms with Crippen molar-refractivity contribution in [1.29, 1.82) is 0 Å². The van der Waals surface area contributed by atoms with E-state index in [2.05, 4.69) is 19.2 Å². The van der Waals surface area contributed by atoms with E-state index in [1.807, 2.05) is 104 Å². The van der Waals surface area contributed by atoms with E-state index in [1.165, 1.54) is 11.8 Å². The highest BCUT2D eigenvalue weighted by atomic mass is 32.2. The first-order chi connectivity index (χ1) is 19.5. The molecule has 1 aromatic heterocycles. The lowest BCUT2D eigenvalue weighted by Gasteiger charge is -2.22. The smallest absolute Gasteiger partial charge is 0.266 e. The third-order valence-corrected chi connectivity index (χ3v) is 7.76. The van der Waals surface area contributed by atoms with Crippen molar-refractivity contribution in [1.82, 2.24) is 9.55 Å². The van der Waals surface area contributed by atoms with E-state index in [1.54, 1.807) is 10.6 Å². The van der Waals surface area contributed by atoms with E-state index >= 15 is 0 Å². The summed E-state index contributed by atoms with van der Waals surface area (Å²) in [7, 11) is 0. The molecule has 40 heavy (non-hydrogen) atoms. The zero-order valence-electron chi connectivity index (χ0n) is 22.7. The molecule has 0 saturated heterocycles. The van der Waals surface area contributed by atoms with Crippen LogP contribution in [-0.2, 0) is 4.79 Å². The summed E-state index contributed by atoms with van der Waals surface area (Å²) in [4.78, 5) is 32.9. The minimum atomic E-state index is -0.693. The van der Waals surface area contributed by atoms with Crippen LogP contribution < -0.4 is 15.6 Å². The molecule has 0 saturated carbocycles. The van der Waals surface area contributed by atoms with Gasteiger partial charge in [0.25, 0.3) is 5.56 Å². The Bertz CT molecular complexity index is 1700. The first-order valence-corrected chi connectivity index (χ1v) is 14.2. The van der Waals surface area contributed by atoms with Crippen LogP contribution in [0.2, 0.25) is 0 Å². The predicted octanol–water partition coefficient (Wildman–Crippen LogP) is 7.38. The fourth-order valence-electron chi connectivity index (χ4n) is 4.64. The number of anilines is 1. The molecule has 0 radical (unpaired) electrons. The molecule has 4 aromatic carbocycles. The van der Waals surface area contributed by atoms with Crippen molar-refractivity contribution in [3.8, 4) is 11.4 Å². The van der Waals surface area contributed by atoms with E-state index in [-0.39, 0.29) is 17.4 Å². The van der Waals surface area contributed by atoms with Crippen LogP contribution in [0.4, 0.5) is 5.69 Å². The van der Waals surface area contributed by atoms with Gasteiger partial charge >= 0.3 is 0 Å². The lowest BCUT2D eigenvalue weighted by Crippen LogP contribution is -2.25. The number of para-hydroxylation sites is 4. The summed E-state index contributed by atoms with van der Waals surface area (Å²) >= 11 is 1.26. The Morgan fingerprint density at radius 3 is 2.35 bits per heavy atom. The SMILES string of the molecule is CCOc1ccccc1NC(=O)C(Sc1nc2ccccc2c(=O)n1-c1ccccc1C(C)C)c1ccccc1. The molecule has 0 aliphatic carbocycles. The number of nitrogens with one attached hydrogen (secondary N) is 1. The number of hydrogen-bond donors (Lipinski definition) is 1. The van der Waals surface area contributed by atoms with Crippen LogP contribution in [0, 0.1) is 0 Å². The molecule has 1 heterocycles. The molecule has 1 unspecified atom stereocenters. The molecule has 202 valence electrons. The molecule has 5 rings (SSSR count). The Balaban J connectivity index is 1.66. The average molecular weight is 550 g/mol. The van der Waals surface area contributed by atoms with Crippen LogP contribution >= 0.6 is 11.8 Å². The third-order valence-electron chi connectivity index (χ3n) is 6.55. The van der Waals surface area contributed by atoms with Crippen molar-refractivity contribution >= 4 is 34.3 Å². The Hall–Kier alpha value is -4.36. The maximum absolute atomic E-state index is 14.0. The van der Waals surface area contributed by atoms with Crippen LogP contribution in [0.25, 0.3) is 16.6 Å². The molecule has 0 aliphatic rings. The summed E-state index contributed by atoms with van der Waals surface area (Å²) in [6.07, 6.45) is 0. The van der Waals surface area contributed by atoms with Crippen molar-refractivity contribution in [2.45, 2.75) is 37.1 Å². The van der Waals surface area contributed by atoms with E-state index < -0.39 is 5.25 Å². The second-order valence-electron chi connectivity index (χ2n) is 9.59. The minimum absolute atomic E-state index is 0.171. The Labute approximate surface area is 238 Å². The van der Waals surface area contributed by atoms with Crippen molar-refractivity contribution in [2.75, 3.05) is 11.9 Å². The highest BCUT2D eigenvalue weighted by Crippen LogP contribution is 2.38. The molecule has 1 atom stereocenters. The number of nitrogens with zero attached hydrogens (tertiary/aromatic N) is 2. The summed E-state index contributed by atoms with van der Waals surface area (Å²) in [5.74, 6) is 0.534. The van der Waals surface area contributed by atoms with Gasteiger partial charge in [-0.3, -0.25) is 14.2 Å². The fraction of sp³-hybridized carbons (Fsp3) is 0.182. The maximum Gasteiger partial charge on any atom is 0.266 e. The molecular formula is C33H31N3O3S. The van der Waals surface area contributed by atoms with E-state index in [4.69, 9.17) is 9.72 Å². The molecule has 1 N–H and O–H groups in total. The average Bonchev–Trinajstić information content (AvgIpc) is 2.97. The van der Waals surface area contributed by atoms with Gasteiger partial charge in [0.05, 0.1) is 28.9 Å². The van der Waals surface area contributed by atoms with Gasteiger partial charge in [-0.2, -0.15) is 0 Å². The number of amides is 1. The summed E-state index contributed by atoms with van der Waals surface area (Å²) in [6.45, 7) is 6.58. The number of carbonyl (C=O) groups excluding carboxylic acids is 1. The lowest BCUT2D eigenvalue weighted by molar-refractivity contribution is -0.115. The topological polar surface area (TPSA) is 73.2 Å². The van der Waals surface area contributed by atoms with Gasteiger partial charge < -0.3 is 10.1 Å². The van der Waals surface area contributed by atoms with Crippen molar-refractivity contribution in [2.24, 2.45) is 0 Å². The highest BCUT2D eigenvalue weighted by Gasteiger charge is 2.27. The monoisotopic (exact) mass is 549 g/mol. The summed E-state index contributed by atoms with van der Waals surface area (Å²) in [5.41, 5.74) is 3.58. The van der Waals surface area contributed by atoms with Crippen LogP contribution in [0.3, 0.4) is 0 Å². The summed E-state index contributed by atoms with van der Waals surface area (Å²) in [5, 5.41) is 3.33. The predicted molar refractivity (Wildman–Crippen MR) is 163 cm³/mol. The van der Waals surface area contributed by atoms with Crippen LogP contribution in [-0.4, -0.2) is 22.1 Å². The number of hydrogen-bond acceptors (Lipinski definition) is 5. The second-order valence-corrected chi connectivity index (χ2v) is 10.7. The molecule has 5 aromatic rings. The first kappa shape index (κ1) is 27.2. The van der Waals surface area contributed by atoms with Crippen molar-refractivity contribution < 1.29 is 9.53 Å². The van der Waals surface area contributed by atoms with Gasteiger partial charge in [-0.05, 0) is 54.3 Å². The third kappa shape index (κ3) is 5.65. The highest BCUT2D eigenvalue weighted by molar-refractivity contribution is 8.00. The number of thioether (sulfide) groups is 1. The minimum Gasteiger partial charge on any atom is -0.492 e. The number of aromatic nitrogens is 2. The van der Waals surface area contributed by atoms with Gasteiger partial charge in [0, 0.05) is 0 Å². The normalized spacial score (nSPS) is 11.9. The summed E-state index contributed by atoms with van der Waals surface area (Å²) in [6, 6.07) is 32.1. The standard InChI is InChI=1S/C33H31N3O3S/c1-4-39-29-21-13-11-19-27(29)34-31(37)30(23-14-6-5-7-15-23)40-33-35-26-18-10-8-17-25(26)32(38)36(33)28-20-12-9-16-24(28)22(2)3/h5-22,30H,4H2,1-3H3,(H,34,37). The molecule has 0 aliphatic heterocycles. The molecule has 0 spiro atoms. The van der Waals surface area contributed by atoms with Crippen molar-refractivity contribution in [3.05, 3.63) is 125 Å². The second kappa shape index (κ2) is 12.2. The van der Waals surface area contributed by atoms with Gasteiger partial charge in [-0.25, -0.2) is 4.98 Å². The van der Waals surface area contributed by atoms with Crippen LogP contribution in [0.1, 0.15) is 43.1 Å². The number of carbonyl (C=O) groups is 1. The fourth-order valence-corrected chi connectivity index (χ4v) is 5.75. The van der Waals surface area contributed by atoms with Crippen LogP contribution in [0.15, 0.2) is 113 Å². The number of benzene rings is 4. The lowest BCUT2D eigenvalue weighted by atomic mass is 10.0. The summed E-state index contributed by atoms with van der Waals surface area (Å²) < 4.78 is 7.39. The molecule has 0 fully saturated rings. The maximum atomic E-state index is 14.0. The Kier molecular flexibility index (Phi) is 8.31. The zero-order valence-corrected chi connectivity index (χ0v) is 23.5. The van der Waals surface area contributed by atoms with Gasteiger partial charge in [0.1, 0.15) is 11.0 Å². The van der Waals surface area contributed by atoms with Crippen molar-refractivity contribution in [3.63, 3.8) is 0 Å². The van der Waals surface area contributed by atoms with Gasteiger partial charge in [0.15, 0.2) is 5.16 Å². The molecule has 1 amide bonds. The molecule has 7 heteroatoms. The van der Waals surface area contributed by atoms with E-state index in [0.29, 0.717) is 34.1 Å². The Morgan fingerprint density at radius 2 is 1.57 bits per heavy atom.